The van der Waals surface area contributed by atoms with E-state index in [2.05, 4.69) is 5.32 Å². The lowest BCUT2D eigenvalue weighted by atomic mass is 10.1. The average molecular weight is 359 g/mol. The van der Waals surface area contributed by atoms with Crippen molar-refractivity contribution >= 4 is 35.2 Å². The summed E-state index contributed by atoms with van der Waals surface area (Å²) in [6.07, 6.45) is 1.36. The number of carbonyl (C=O) groups is 2. The van der Waals surface area contributed by atoms with Crippen LogP contribution < -0.4 is 10.1 Å². The van der Waals surface area contributed by atoms with Gasteiger partial charge in [0.05, 0.1) is 30.2 Å². The predicted molar refractivity (Wildman–Crippen MR) is 85.3 cm³/mol. The zero-order chi connectivity index (χ0) is 16.6. The molecule has 1 saturated carbocycles. The number of carbonyl (C=O) groups excluding carboxylic acids is 2. The highest BCUT2D eigenvalue weighted by atomic mass is 35.5. The van der Waals surface area contributed by atoms with Crippen LogP contribution in [0.1, 0.15) is 23.2 Å². The minimum Gasteiger partial charge on any atom is -0.494 e. The van der Waals surface area contributed by atoms with E-state index in [1.165, 1.54) is 13.2 Å². The van der Waals surface area contributed by atoms with Gasteiger partial charge in [-0.3, -0.25) is 4.79 Å². The number of nitrogens with one attached hydrogen (secondary N) is 1. The van der Waals surface area contributed by atoms with Crippen LogP contribution in [0.2, 0.25) is 10.0 Å². The van der Waals surface area contributed by atoms with Gasteiger partial charge in [-0.1, -0.05) is 23.2 Å². The van der Waals surface area contributed by atoms with Gasteiger partial charge in [-0.05, 0) is 25.0 Å². The molecule has 6 nitrogen and oxygen atoms in total. The molecule has 1 atom stereocenters. The van der Waals surface area contributed by atoms with Gasteiger partial charge >= 0.3 is 6.09 Å². The van der Waals surface area contributed by atoms with Gasteiger partial charge in [-0.15, -0.1) is 0 Å². The Morgan fingerprint density at radius 2 is 2.09 bits per heavy atom. The lowest BCUT2D eigenvalue weighted by molar-refractivity contribution is 0.0911. The second-order valence-corrected chi connectivity index (χ2v) is 6.35. The molecule has 2 aliphatic rings. The fourth-order valence-electron chi connectivity index (χ4n) is 2.57. The molecule has 3 rings (SSSR count). The summed E-state index contributed by atoms with van der Waals surface area (Å²) in [6, 6.07) is 3.39. The molecule has 0 spiro atoms. The van der Waals surface area contributed by atoms with Crippen LogP contribution in [-0.2, 0) is 4.74 Å². The van der Waals surface area contributed by atoms with Gasteiger partial charge in [0.1, 0.15) is 11.7 Å². The molecule has 2 amide bonds. The average Bonchev–Trinajstić information content (AvgIpc) is 3.30. The second kappa shape index (κ2) is 6.45. The number of nitrogens with zero attached hydrogens (tertiary/aromatic N) is 1. The topological polar surface area (TPSA) is 67.9 Å². The van der Waals surface area contributed by atoms with Gasteiger partial charge in [0, 0.05) is 6.04 Å². The van der Waals surface area contributed by atoms with Gasteiger partial charge in [0.2, 0.25) is 0 Å². The number of halogens is 2. The molecule has 124 valence electrons. The van der Waals surface area contributed by atoms with Crippen LogP contribution in [0.15, 0.2) is 12.1 Å². The summed E-state index contributed by atoms with van der Waals surface area (Å²) in [6.45, 7) is 0.698. The first-order valence-electron chi connectivity index (χ1n) is 7.28. The van der Waals surface area contributed by atoms with Crippen molar-refractivity contribution in [2.75, 3.05) is 20.2 Å². The Balaban J connectivity index is 1.64. The molecule has 8 heteroatoms. The number of hydrogen-bond donors (Lipinski definition) is 1. The number of methoxy groups -OCH3 is 1. The Bertz CT molecular complexity index is 649. The predicted octanol–water partition coefficient (Wildman–Crippen LogP) is 2.72. The number of cyclic esters (lactones) is 1. The van der Waals surface area contributed by atoms with Gasteiger partial charge in [-0.2, -0.15) is 0 Å². The first-order chi connectivity index (χ1) is 11.0. The van der Waals surface area contributed by atoms with Crippen LogP contribution in [-0.4, -0.2) is 49.2 Å². The molecule has 2 fully saturated rings. The van der Waals surface area contributed by atoms with E-state index in [-0.39, 0.29) is 35.1 Å². The first-order valence-corrected chi connectivity index (χ1v) is 8.04. The van der Waals surface area contributed by atoms with Crippen molar-refractivity contribution in [2.45, 2.75) is 25.0 Å². The molecule has 1 unspecified atom stereocenters. The zero-order valence-corrected chi connectivity index (χ0v) is 14.0. The van der Waals surface area contributed by atoms with E-state index in [1.807, 2.05) is 0 Å². The van der Waals surface area contributed by atoms with E-state index in [1.54, 1.807) is 11.0 Å². The van der Waals surface area contributed by atoms with E-state index in [9.17, 15) is 9.59 Å². The van der Waals surface area contributed by atoms with Gasteiger partial charge < -0.3 is 19.7 Å². The fourth-order valence-corrected chi connectivity index (χ4v) is 3.04. The summed E-state index contributed by atoms with van der Waals surface area (Å²) in [5, 5.41) is 3.26. The molecule has 1 aromatic carbocycles. The number of benzene rings is 1. The lowest BCUT2D eigenvalue weighted by Crippen LogP contribution is -2.35. The maximum absolute atomic E-state index is 12.4. The summed E-state index contributed by atoms with van der Waals surface area (Å²) >= 11 is 12.1. The fraction of sp³-hybridized carbons (Fsp3) is 0.467. The highest BCUT2D eigenvalue weighted by molar-refractivity contribution is 6.37. The molecule has 1 N–H and O–H groups in total. The summed E-state index contributed by atoms with van der Waals surface area (Å²) in [7, 11) is 1.42. The van der Waals surface area contributed by atoms with Crippen LogP contribution in [0.25, 0.3) is 0 Å². The van der Waals surface area contributed by atoms with Gasteiger partial charge in [0.15, 0.2) is 5.75 Å². The molecule has 0 bridgehead atoms. The van der Waals surface area contributed by atoms with Crippen LogP contribution in [0.4, 0.5) is 4.79 Å². The van der Waals surface area contributed by atoms with Gasteiger partial charge in [0.25, 0.3) is 5.91 Å². The van der Waals surface area contributed by atoms with E-state index in [0.29, 0.717) is 17.6 Å². The molecule has 1 aliphatic carbocycles. The van der Waals surface area contributed by atoms with Crippen LogP contribution >= 0.6 is 23.2 Å². The molecule has 1 aliphatic heterocycles. The van der Waals surface area contributed by atoms with Crippen molar-refractivity contribution in [3.8, 4) is 5.75 Å². The van der Waals surface area contributed by atoms with Crippen molar-refractivity contribution in [3.05, 3.63) is 27.7 Å². The van der Waals surface area contributed by atoms with Gasteiger partial charge in [-0.25, -0.2) is 4.79 Å². The molecule has 1 heterocycles. The Morgan fingerprint density at radius 1 is 1.39 bits per heavy atom. The van der Waals surface area contributed by atoms with Crippen LogP contribution in [0.3, 0.4) is 0 Å². The van der Waals surface area contributed by atoms with E-state index in [0.717, 1.165) is 12.8 Å². The third kappa shape index (κ3) is 3.33. The van der Waals surface area contributed by atoms with Crippen molar-refractivity contribution in [1.82, 2.24) is 10.2 Å². The van der Waals surface area contributed by atoms with Crippen LogP contribution in [0.5, 0.6) is 5.75 Å². The van der Waals surface area contributed by atoms with E-state index in [4.69, 9.17) is 32.7 Å². The summed E-state index contributed by atoms with van der Waals surface area (Å²) in [5.41, 5.74) is 0.171. The van der Waals surface area contributed by atoms with Crippen molar-refractivity contribution in [2.24, 2.45) is 0 Å². The van der Waals surface area contributed by atoms with Crippen LogP contribution in [0, 0.1) is 0 Å². The summed E-state index contributed by atoms with van der Waals surface area (Å²) < 4.78 is 10.4. The Hall–Kier alpha value is -1.66. The smallest absolute Gasteiger partial charge is 0.410 e. The molecule has 0 aromatic heterocycles. The van der Waals surface area contributed by atoms with Crippen molar-refractivity contribution < 1.29 is 19.1 Å². The lowest BCUT2D eigenvalue weighted by Gasteiger charge is -2.14. The number of rotatable bonds is 5. The van der Waals surface area contributed by atoms with Crippen molar-refractivity contribution in [1.29, 1.82) is 0 Å². The minimum absolute atomic E-state index is 0.171. The first kappa shape index (κ1) is 16.2. The molecular weight excluding hydrogens is 343 g/mol. The van der Waals surface area contributed by atoms with Crippen molar-refractivity contribution in [3.63, 3.8) is 0 Å². The third-order valence-electron chi connectivity index (χ3n) is 3.87. The second-order valence-electron chi connectivity index (χ2n) is 5.54. The summed E-state index contributed by atoms with van der Waals surface area (Å²) in [4.78, 5) is 25.8. The third-order valence-corrected chi connectivity index (χ3v) is 4.48. The molecular formula is C15H16Cl2N2O4. The quantitative estimate of drug-likeness (QED) is 0.878. The number of amides is 2. The maximum atomic E-state index is 12.4. The molecule has 1 saturated heterocycles. The highest BCUT2D eigenvalue weighted by Crippen LogP contribution is 2.34. The van der Waals surface area contributed by atoms with E-state index >= 15 is 0 Å². The largest absolute Gasteiger partial charge is 0.494 e. The standard InChI is InChI=1S/C15H16Cl2N2O4/c1-22-13-11(17)5-4-10(16)12(13)14(20)18-6-9-7-19(8-2-3-8)15(21)23-9/h4-5,8-9H,2-3,6-7H2,1H3,(H,18,20). The monoisotopic (exact) mass is 358 g/mol. The maximum Gasteiger partial charge on any atom is 0.410 e. The van der Waals surface area contributed by atoms with E-state index < -0.39 is 5.91 Å². The highest BCUT2D eigenvalue weighted by Gasteiger charge is 2.41. The SMILES string of the molecule is COc1c(Cl)ccc(Cl)c1C(=O)NCC1CN(C2CC2)C(=O)O1. The normalized spacial score (nSPS) is 20.4. The molecule has 23 heavy (non-hydrogen) atoms. The Kier molecular flexibility index (Phi) is 4.55. The molecule has 1 aromatic rings. The summed E-state index contributed by atoms with van der Waals surface area (Å²) in [5.74, 6) is -0.199. The minimum atomic E-state index is -0.421. The number of ether oxygens (including phenoxy) is 2. The number of hydrogen-bond acceptors (Lipinski definition) is 4. The molecule has 0 radical (unpaired) electrons. The zero-order valence-electron chi connectivity index (χ0n) is 12.5. The Morgan fingerprint density at radius 3 is 2.74 bits per heavy atom. The Labute approximate surface area is 143 Å².